The molecule has 0 spiro atoms. The van der Waals surface area contributed by atoms with E-state index < -0.39 is 11.8 Å². The Kier molecular flexibility index (Phi) is 6.11. The van der Waals surface area contributed by atoms with E-state index in [1.807, 2.05) is 37.3 Å². The van der Waals surface area contributed by atoms with Gasteiger partial charge in [0.15, 0.2) is 0 Å². The number of hydrogen-bond donors (Lipinski definition) is 1. The summed E-state index contributed by atoms with van der Waals surface area (Å²) in [6.45, 7) is 2.35. The maximum absolute atomic E-state index is 12.9. The molecule has 3 aromatic carbocycles. The molecule has 0 bridgehead atoms. The highest BCUT2D eigenvalue weighted by molar-refractivity contribution is 9.10. The van der Waals surface area contributed by atoms with Gasteiger partial charge in [0.1, 0.15) is 17.9 Å². The van der Waals surface area contributed by atoms with E-state index in [0.717, 1.165) is 11.1 Å². The number of ether oxygens (including phenoxy) is 1. The van der Waals surface area contributed by atoms with Gasteiger partial charge in [-0.2, -0.15) is 0 Å². The highest BCUT2D eigenvalue weighted by atomic mass is 79.9. The summed E-state index contributed by atoms with van der Waals surface area (Å²) in [5.41, 5.74) is 5.85. The second kappa shape index (κ2) is 8.96. The minimum absolute atomic E-state index is 0.00166. The van der Waals surface area contributed by atoms with Crippen molar-refractivity contribution in [1.29, 1.82) is 0 Å². The number of nitrogens with zero attached hydrogens (tertiary/aromatic N) is 1. The lowest BCUT2D eigenvalue weighted by molar-refractivity contribution is -0.117. The second-order valence-electron chi connectivity index (χ2n) is 7.06. The molecule has 0 unspecified atom stereocenters. The highest BCUT2D eigenvalue weighted by Gasteiger charge is 2.34. The van der Waals surface area contributed by atoms with Crippen LogP contribution in [0.15, 0.2) is 76.8 Å². The van der Waals surface area contributed by atoms with Crippen molar-refractivity contribution in [2.75, 3.05) is 5.01 Å². The molecule has 5 nitrogen and oxygen atoms in total. The van der Waals surface area contributed by atoms with Crippen LogP contribution < -0.4 is 15.2 Å². The van der Waals surface area contributed by atoms with Gasteiger partial charge in [0, 0.05) is 10.6 Å². The van der Waals surface area contributed by atoms with Crippen molar-refractivity contribution in [3.05, 3.63) is 98.5 Å². The van der Waals surface area contributed by atoms with Crippen molar-refractivity contribution in [1.82, 2.24) is 5.43 Å². The molecule has 1 heterocycles. The number of para-hydroxylation sites is 1. The van der Waals surface area contributed by atoms with E-state index in [4.69, 9.17) is 16.3 Å². The van der Waals surface area contributed by atoms with Gasteiger partial charge < -0.3 is 4.74 Å². The van der Waals surface area contributed by atoms with E-state index in [9.17, 15) is 9.59 Å². The Hall–Kier alpha value is -3.09. The van der Waals surface area contributed by atoms with Gasteiger partial charge in [-0.1, -0.05) is 59.6 Å². The van der Waals surface area contributed by atoms with Crippen LogP contribution in [0.1, 0.15) is 16.7 Å². The Bertz CT molecular complexity index is 1180. The summed E-state index contributed by atoms with van der Waals surface area (Å²) < 4.78 is 6.66. The first-order valence-corrected chi connectivity index (χ1v) is 10.7. The Balaban J connectivity index is 1.65. The topological polar surface area (TPSA) is 58.6 Å². The molecule has 1 fully saturated rings. The molecule has 0 saturated carbocycles. The third-order valence-corrected chi connectivity index (χ3v) is 5.55. The van der Waals surface area contributed by atoms with Crippen molar-refractivity contribution in [2.24, 2.45) is 0 Å². The standard InChI is InChI=1S/C24H18BrClN2O3/c1-15-7-9-16(10-8-15)14-31-22-17(11-18(26)13-21(22)25)12-20-23(29)27-28(24(20)30)19-5-3-2-4-6-19/h2-13H,14H2,1H3,(H,27,29). The number of aryl methyl sites for hydroxylation is 1. The SMILES string of the molecule is Cc1ccc(COc2c(Br)cc(Cl)cc2C=C2C(=O)NN(c3ccccc3)C2=O)cc1. The maximum atomic E-state index is 12.9. The van der Waals surface area contributed by atoms with Crippen molar-refractivity contribution in [3.8, 4) is 5.75 Å². The van der Waals surface area contributed by atoms with Gasteiger partial charge in [-0.3, -0.25) is 15.0 Å². The van der Waals surface area contributed by atoms with E-state index in [2.05, 4.69) is 21.4 Å². The minimum Gasteiger partial charge on any atom is -0.487 e. The number of hydrogen-bond acceptors (Lipinski definition) is 3. The maximum Gasteiger partial charge on any atom is 0.282 e. The predicted molar refractivity (Wildman–Crippen MR) is 125 cm³/mol. The summed E-state index contributed by atoms with van der Waals surface area (Å²) in [5.74, 6) is -0.442. The molecule has 31 heavy (non-hydrogen) atoms. The van der Waals surface area contributed by atoms with Gasteiger partial charge in [0.2, 0.25) is 0 Å². The lowest BCUT2D eigenvalue weighted by Crippen LogP contribution is -2.35. The fourth-order valence-electron chi connectivity index (χ4n) is 3.15. The second-order valence-corrected chi connectivity index (χ2v) is 8.35. The zero-order valence-electron chi connectivity index (χ0n) is 16.6. The summed E-state index contributed by atoms with van der Waals surface area (Å²) in [6.07, 6.45) is 1.50. The summed E-state index contributed by atoms with van der Waals surface area (Å²) in [7, 11) is 0. The van der Waals surface area contributed by atoms with Crippen molar-refractivity contribution < 1.29 is 14.3 Å². The van der Waals surface area contributed by atoms with Crippen LogP contribution >= 0.6 is 27.5 Å². The molecule has 2 amide bonds. The number of nitrogens with one attached hydrogen (secondary N) is 1. The lowest BCUT2D eigenvalue weighted by Gasteiger charge is -2.14. The molecule has 7 heteroatoms. The number of carbonyl (C=O) groups is 2. The van der Waals surface area contributed by atoms with Crippen molar-refractivity contribution in [3.63, 3.8) is 0 Å². The monoisotopic (exact) mass is 496 g/mol. The average Bonchev–Trinajstić information content (AvgIpc) is 3.03. The fourth-order valence-corrected chi connectivity index (χ4v) is 4.10. The minimum atomic E-state index is -0.491. The zero-order chi connectivity index (χ0) is 22.0. The first kappa shape index (κ1) is 21.2. The smallest absolute Gasteiger partial charge is 0.282 e. The third-order valence-electron chi connectivity index (χ3n) is 4.75. The Labute approximate surface area is 193 Å². The van der Waals surface area contributed by atoms with Gasteiger partial charge in [-0.05, 0) is 58.8 Å². The van der Waals surface area contributed by atoms with E-state index in [0.29, 0.717) is 33.1 Å². The third kappa shape index (κ3) is 4.65. The fraction of sp³-hybridized carbons (Fsp3) is 0.0833. The summed E-state index contributed by atoms with van der Waals surface area (Å²) in [5, 5.41) is 1.67. The number of hydrazine groups is 1. The van der Waals surface area contributed by atoms with Crippen LogP contribution in [0.4, 0.5) is 5.69 Å². The molecule has 1 aliphatic heterocycles. The van der Waals surface area contributed by atoms with Gasteiger partial charge in [0.25, 0.3) is 11.8 Å². The Morgan fingerprint density at radius 2 is 1.77 bits per heavy atom. The van der Waals surface area contributed by atoms with E-state index in [-0.39, 0.29) is 5.57 Å². The van der Waals surface area contributed by atoms with Crippen LogP contribution in [-0.2, 0) is 16.2 Å². The number of carbonyl (C=O) groups excluding carboxylic acids is 2. The van der Waals surface area contributed by atoms with E-state index in [1.165, 1.54) is 11.1 Å². The Morgan fingerprint density at radius 3 is 2.48 bits per heavy atom. The first-order chi connectivity index (χ1) is 14.9. The highest BCUT2D eigenvalue weighted by Crippen LogP contribution is 2.35. The number of rotatable bonds is 5. The summed E-state index contributed by atoms with van der Waals surface area (Å²) in [6, 6.07) is 20.3. The zero-order valence-corrected chi connectivity index (χ0v) is 18.9. The molecule has 3 aromatic rings. The largest absolute Gasteiger partial charge is 0.487 e. The molecule has 0 aromatic heterocycles. The molecule has 1 N–H and O–H groups in total. The quantitative estimate of drug-likeness (QED) is 0.377. The summed E-state index contributed by atoms with van der Waals surface area (Å²) >= 11 is 9.71. The Morgan fingerprint density at radius 1 is 1.06 bits per heavy atom. The van der Waals surface area contributed by atoms with Gasteiger partial charge in [-0.25, -0.2) is 5.01 Å². The van der Waals surface area contributed by atoms with Crippen LogP contribution in [0.25, 0.3) is 6.08 Å². The molecule has 0 radical (unpaired) electrons. The van der Waals surface area contributed by atoms with Crippen LogP contribution in [0.3, 0.4) is 0 Å². The number of anilines is 1. The number of benzene rings is 3. The number of amides is 2. The predicted octanol–water partition coefficient (Wildman–Crippen LogP) is 5.45. The van der Waals surface area contributed by atoms with Crippen LogP contribution in [0, 0.1) is 6.92 Å². The van der Waals surface area contributed by atoms with Crippen LogP contribution in [-0.4, -0.2) is 11.8 Å². The lowest BCUT2D eigenvalue weighted by atomic mass is 10.1. The average molecular weight is 498 g/mol. The number of halogens is 2. The normalized spacial score (nSPS) is 14.8. The van der Waals surface area contributed by atoms with Gasteiger partial charge >= 0.3 is 0 Å². The van der Waals surface area contributed by atoms with Crippen LogP contribution in [0.5, 0.6) is 5.75 Å². The van der Waals surface area contributed by atoms with Crippen molar-refractivity contribution >= 4 is 51.1 Å². The van der Waals surface area contributed by atoms with Gasteiger partial charge in [0.05, 0.1) is 10.2 Å². The summed E-state index contributed by atoms with van der Waals surface area (Å²) in [4.78, 5) is 25.4. The molecular weight excluding hydrogens is 480 g/mol. The molecule has 0 atom stereocenters. The van der Waals surface area contributed by atoms with Crippen molar-refractivity contribution in [2.45, 2.75) is 13.5 Å². The van der Waals surface area contributed by atoms with E-state index >= 15 is 0 Å². The van der Waals surface area contributed by atoms with Crippen LogP contribution in [0.2, 0.25) is 5.02 Å². The van der Waals surface area contributed by atoms with Gasteiger partial charge in [-0.15, -0.1) is 0 Å². The molecule has 156 valence electrons. The first-order valence-electron chi connectivity index (χ1n) is 9.52. The molecule has 1 saturated heterocycles. The molecule has 4 rings (SSSR count). The molecule has 0 aliphatic carbocycles. The van der Waals surface area contributed by atoms with E-state index in [1.54, 1.807) is 36.4 Å². The molecular formula is C24H18BrClN2O3. The molecule has 1 aliphatic rings.